The van der Waals surface area contributed by atoms with Crippen LogP contribution in [0.25, 0.3) is 0 Å². The summed E-state index contributed by atoms with van der Waals surface area (Å²) in [4.78, 5) is 15.2. The third-order valence-electron chi connectivity index (χ3n) is 4.20. The highest BCUT2D eigenvalue weighted by Crippen LogP contribution is 2.36. The Balaban J connectivity index is 1.82. The number of nitrogens with zero attached hydrogens (tertiary/aromatic N) is 3. The van der Waals surface area contributed by atoms with Crippen LogP contribution in [0.1, 0.15) is 22.6 Å². The average Bonchev–Trinajstić information content (AvgIpc) is 3.09. The lowest BCUT2D eigenvalue weighted by atomic mass is 9.80. The van der Waals surface area contributed by atoms with Crippen LogP contribution in [0, 0.1) is 6.92 Å². The Labute approximate surface area is 127 Å². The minimum atomic E-state index is -0.798. The van der Waals surface area contributed by atoms with Crippen molar-refractivity contribution in [3.63, 3.8) is 0 Å². The lowest BCUT2D eigenvalue weighted by Crippen LogP contribution is -2.38. The van der Waals surface area contributed by atoms with Gasteiger partial charge in [-0.3, -0.25) is 9.69 Å². The van der Waals surface area contributed by atoms with E-state index < -0.39 is 11.4 Å². The van der Waals surface area contributed by atoms with Crippen molar-refractivity contribution in [3.8, 4) is 0 Å². The Morgan fingerprint density at radius 2 is 2.19 bits per heavy atom. The molecule has 1 fully saturated rings. The Morgan fingerprint density at radius 3 is 2.81 bits per heavy atom. The number of benzene rings is 1. The third kappa shape index (κ3) is 2.56. The zero-order valence-corrected chi connectivity index (χ0v) is 12.6. The topological polar surface area (TPSA) is 66.3 Å². The van der Waals surface area contributed by atoms with E-state index in [0.717, 1.165) is 29.2 Å². The second-order valence-corrected chi connectivity index (χ2v) is 6.33. The molecule has 21 heavy (non-hydrogen) atoms. The fraction of sp³-hybridized carbons (Fsp3) is 0.400. The van der Waals surface area contributed by atoms with E-state index in [0.29, 0.717) is 13.0 Å². The smallest absolute Gasteiger partial charge is 0.315 e. The van der Waals surface area contributed by atoms with Crippen LogP contribution in [0.3, 0.4) is 0 Å². The molecule has 6 heteroatoms. The lowest BCUT2D eigenvalue weighted by Gasteiger charge is -2.25. The van der Waals surface area contributed by atoms with Crippen LogP contribution >= 0.6 is 11.5 Å². The van der Waals surface area contributed by atoms with Crippen LogP contribution in [0.5, 0.6) is 0 Å². The largest absolute Gasteiger partial charge is 0.481 e. The SMILES string of the molecule is Cc1nnsc1CN1CCC(C(=O)O)(c2ccccc2)C1. The van der Waals surface area contributed by atoms with Gasteiger partial charge in [0.2, 0.25) is 0 Å². The highest BCUT2D eigenvalue weighted by Gasteiger charge is 2.46. The molecule has 2 heterocycles. The summed E-state index contributed by atoms with van der Waals surface area (Å²) in [6.45, 7) is 3.98. The normalized spacial score (nSPS) is 22.5. The van der Waals surface area contributed by atoms with Crippen molar-refractivity contribution >= 4 is 17.5 Å². The second kappa shape index (κ2) is 5.54. The number of carboxylic acids is 1. The molecule has 0 bridgehead atoms. The summed E-state index contributed by atoms with van der Waals surface area (Å²) in [6.07, 6.45) is 0.637. The van der Waals surface area contributed by atoms with E-state index >= 15 is 0 Å². The molecule has 0 spiro atoms. The summed E-state index contributed by atoms with van der Waals surface area (Å²) in [7, 11) is 0. The maximum atomic E-state index is 11.9. The van der Waals surface area contributed by atoms with Crippen molar-refractivity contribution in [1.82, 2.24) is 14.5 Å². The molecule has 0 saturated carbocycles. The van der Waals surface area contributed by atoms with Gasteiger partial charge in [-0.15, -0.1) is 5.10 Å². The molecule has 1 aliphatic heterocycles. The van der Waals surface area contributed by atoms with Gasteiger partial charge in [0, 0.05) is 19.6 Å². The van der Waals surface area contributed by atoms with Crippen LogP contribution < -0.4 is 0 Å². The van der Waals surface area contributed by atoms with E-state index in [1.807, 2.05) is 37.3 Å². The molecule has 0 aliphatic carbocycles. The van der Waals surface area contributed by atoms with Gasteiger partial charge in [0.1, 0.15) is 5.41 Å². The van der Waals surface area contributed by atoms with E-state index in [1.54, 1.807) is 0 Å². The zero-order chi connectivity index (χ0) is 14.9. The molecule has 2 aromatic rings. The molecule has 1 aromatic carbocycles. The van der Waals surface area contributed by atoms with Gasteiger partial charge in [0.15, 0.2) is 0 Å². The summed E-state index contributed by atoms with van der Waals surface area (Å²) in [5.74, 6) is -0.740. The highest BCUT2D eigenvalue weighted by atomic mass is 32.1. The first-order valence-electron chi connectivity index (χ1n) is 6.91. The van der Waals surface area contributed by atoms with Crippen molar-refractivity contribution in [2.24, 2.45) is 0 Å². The van der Waals surface area contributed by atoms with Crippen LogP contribution in [0.15, 0.2) is 30.3 Å². The number of carboxylic acid groups (broad SMARTS) is 1. The zero-order valence-electron chi connectivity index (χ0n) is 11.8. The predicted octanol–water partition coefficient (Wildman–Crippen LogP) is 2.07. The minimum absolute atomic E-state index is 0.531. The Hall–Kier alpha value is -1.79. The molecule has 0 amide bonds. The van der Waals surface area contributed by atoms with Crippen molar-refractivity contribution in [2.45, 2.75) is 25.3 Å². The average molecular weight is 303 g/mol. The van der Waals surface area contributed by atoms with Crippen LogP contribution in [0.2, 0.25) is 0 Å². The van der Waals surface area contributed by atoms with Gasteiger partial charge in [-0.25, -0.2) is 0 Å². The van der Waals surface area contributed by atoms with Gasteiger partial charge in [0.05, 0.1) is 10.6 Å². The molecule has 3 rings (SSSR count). The van der Waals surface area contributed by atoms with Crippen LogP contribution in [-0.2, 0) is 16.8 Å². The molecule has 1 atom stereocenters. The Morgan fingerprint density at radius 1 is 1.43 bits per heavy atom. The highest BCUT2D eigenvalue weighted by molar-refractivity contribution is 7.05. The van der Waals surface area contributed by atoms with Crippen molar-refractivity contribution < 1.29 is 9.90 Å². The van der Waals surface area contributed by atoms with E-state index in [9.17, 15) is 9.90 Å². The summed E-state index contributed by atoms with van der Waals surface area (Å²) < 4.78 is 3.94. The molecule has 1 N–H and O–H groups in total. The number of rotatable bonds is 4. The van der Waals surface area contributed by atoms with Gasteiger partial charge in [-0.05, 0) is 30.4 Å². The molecule has 5 nitrogen and oxygen atoms in total. The first kappa shape index (κ1) is 14.2. The van der Waals surface area contributed by atoms with Gasteiger partial charge < -0.3 is 5.11 Å². The molecular weight excluding hydrogens is 286 g/mol. The van der Waals surface area contributed by atoms with E-state index in [1.165, 1.54) is 11.5 Å². The molecule has 1 aliphatic rings. The van der Waals surface area contributed by atoms with Crippen molar-refractivity contribution in [1.29, 1.82) is 0 Å². The van der Waals surface area contributed by atoms with Crippen molar-refractivity contribution in [3.05, 3.63) is 46.5 Å². The van der Waals surface area contributed by atoms with Gasteiger partial charge >= 0.3 is 5.97 Å². The Kier molecular flexibility index (Phi) is 3.73. The molecule has 1 aromatic heterocycles. The van der Waals surface area contributed by atoms with E-state index in [4.69, 9.17) is 0 Å². The van der Waals surface area contributed by atoms with Gasteiger partial charge in [-0.2, -0.15) is 0 Å². The van der Waals surface area contributed by atoms with Crippen molar-refractivity contribution in [2.75, 3.05) is 13.1 Å². The molecule has 1 saturated heterocycles. The third-order valence-corrected chi connectivity index (χ3v) is 5.00. The predicted molar refractivity (Wildman–Crippen MR) is 80.3 cm³/mol. The first-order chi connectivity index (χ1) is 10.1. The fourth-order valence-electron chi connectivity index (χ4n) is 2.91. The maximum Gasteiger partial charge on any atom is 0.315 e. The maximum absolute atomic E-state index is 11.9. The summed E-state index contributed by atoms with van der Waals surface area (Å²) in [5.41, 5.74) is 1.03. The minimum Gasteiger partial charge on any atom is -0.481 e. The number of aromatic nitrogens is 2. The first-order valence-corrected chi connectivity index (χ1v) is 7.68. The number of hydrogen-bond acceptors (Lipinski definition) is 5. The number of likely N-dealkylation sites (tertiary alicyclic amines) is 1. The summed E-state index contributed by atoms with van der Waals surface area (Å²) in [5, 5.41) is 13.8. The van der Waals surface area contributed by atoms with E-state index in [-0.39, 0.29) is 0 Å². The number of hydrogen-bond donors (Lipinski definition) is 1. The number of carbonyl (C=O) groups is 1. The van der Waals surface area contributed by atoms with Crippen LogP contribution in [0.4, 0.5) is 0 Å². The van der Waals surface area contributed by atoms with E-state index in [2.05, 4.69) is 14.5 Å². The van der Waals surface area contributed by atoms with Gasteiger partial charge in [0.25, 0.3) is 0 Å². The molecule has 0 radical (unpaired) electrons. The molecule has 110 valence electrons. The number of aryl methyl sites for hydroxylation is 1. The fourth-order valence-corrected chi connectivity index (χ4v) is 3.59. The van der Waals surface area contributed by atoms with Gasteiger partial charge in [-0.1, -0.05) is 34.8 Å². The lowest BCUT2D eigenvalue weighted by molar-refractivity contribution is -0.143. The summed E-state index contributed by atoms with van der Waals surface area (Å²) >= 11 is 1.39. The van der Waals surface area contributed by atoms with Crippen LogP contribution in [-0.4, -0.2) is 38.7 Å². The monoisotopic (exact) mass is 303 g/mol. The standard InChI is InChI=1S/C15H17N3O2S/c1-11-13(21-17-16-11)9-18-8-7-15(10-18,14(19)20)12-5-3-2-4-6-12/h2-6H,7-10H2,1H3,(H,19,20). The summed E-state index contributed by atoms with van der Waals surface area (Å²) in [6, 6.07) is 9.55. The molecule has 1 unspecified atom stereocenters. The molecular formula is C15H17N3O2S. The quantitative estimate of drug-likeness (QED) is 0.936. The Bertz CT molecular complexity index is 643. The second-order valence-electron chi connectivity index (χ2n) is 5.50. The number of aliphatic carboxylic acids is 1.